The van der Waals surface area contributed by atoms with Crippen LogP contribution in [0.15, 0.2) is 24.3 Å². The molecule has 1 N–H and O–H groups in total. The molecular weight excluding hydrogens is 378 g/mol. The predicted molar refractivity (Wildman–Crippen MR) is 102 cm³/mol. The van der Waals surface area contributed by atoms with Crippen LogP contribution in [0.2, 0.25) is 0 Å². The van der Waals surface area contributed by atoms with Crippen molar-refractivity contribution in [1.82, 2.24) is 9.80 Å². The minimum absolute atomic E-state index is 0.102. The highest BCUT2D eigenvalue weighted by atomic mass is 16.5. The molecule has 0 unspecified atom stereocenters. The van der Waals surface area contributed by atoms with Crippen molar-refractivity contribution in [2.75, 3.05) is 19.0 Å². The van der Waals surface area contributed by atoms with Crippen molar-refractivity contribution in [2.45, 2.75) is 38.6 Å². The van der Waals surface area contributed by atoms with Crippen LogP contribution in [0.3, 0.4) is 0 Å². The Labute approximate surface area is 168 Å². The highest BCUT2D eigenvalue weighted by Crippen LogP contribution is 2.31. The van der Waals surface area contributed by atoms with Crippen molar-refractivity contribution in [1.29, 1.82) is 0 Å². The van der Waals surface area contributed by atoms with Crippen LogP contribution >= 0.6 is 0 Å². The van der Waals surface area contributed by atoms with Gasteiger partial charge in [-0.15, -0.1) is 0 Å². The molecule has 5 amide bonds. The van der Waals surface area contributed by atoms with Gasteiger partial charge >= 0.3 is 23.8 Å². The lowest BCUT2D eigenvalue weighted by molar-refractivity contribution is -0.145. The first kappa shape index (κ1) is 20.5. The van der Waals surface area contributed by atoms with Crippen molar-refractivity contribution < 1.29 is 28.7 Å². The third kappa shape index (κ3) is 3.98. The summed E-state index contributed by atoms with van der Waals surface area (Å²) in [6.07, 6.45) is 3.43. The third-order valence-corrected chi connectivity index (χ3v) is 5.39. The van der Waals surface area contributed by atoms with Crippen LogP contribution in [-0.4, -0.2) is 59.2 Å². The van der Waals surface area contributed by atoms with E-state index in [0.717, 1.165) is 24.2 Å². The van der Waals surface area contributed by atoms with Gasteiger partial charge in [-0.25, -0.2) is 14.5 Å². The zero-order chi connectivity index (χ0) is 21.1. The standard InChI is InChI=1S/C20H23N3O6/c1-12-7-3-6-10-15(12)23-18(26)17(25)22(20(23)28)11-16(24)21-14-9-5-4-8-13(14)19(27)29-2/h4-5,8-9,12,15H,3,6-7,10-11H2,1-2H3,(H,21,24)/t12-,15-/m1/s1. The number of ether oxygens (including phenoxy) is 1. The van der Waals surface area contributed by atoms with Gasteiger partial charge in [0.2, 0.25) is 5.91 Å². The second-order valence-electron chi connectivity index (χ2n) is 7.26. The number of para-hydroxylation sites is 1. The molecule has 2 atom stereocenters. The van der Waals surface area contributed by atoms with Crippen LogP contribution in [0.5, 0.6) is 0 Å². The normalized spacial score (nSPS) is 22.1. The molecule has 1 saturated carbocycles. The molecule has 3 rings (SSSR count). The topological polar surface area (TPSA) is 113 Å². The lowest BCUT2D eigenvalue weighted by atomic mass is 9.85. The molecule has 2 aliphatic rings. The molecule has 1 aromatic carbocycles. The van der Waals surface area contributed by atoms with E-state index in [0.29, 0.717) is 11.3 Å². The molecule has 2 fully saturated rings. The molecule has 0 bridgehead atoms. The van der Waals surface area contributed by atoms with Gasteiger partial charge in [0.25, 0.3) is 0 Å². The summed E-state index contributed by atoms with van der Waals surface area (Å²) in [5, 5.41) is 2.50. The molecule has 1 aromatic rings. The Kier molecular flexibility index (Phi) is 5.95. The Morgan fingerprint density at radius 2 is 1.79 bits per heavy atom. The lowest BCUT2D eigenvalue weighted by Gasteiger charge is -2.34. The molecule has 1 saturated heterocycles. The number of imide groups is 2. The zero-order valence-corrected chi connectivity index (χ0v) is 16.3. The van der Waals surface area contributed by atoms with E-state index in [2.05, 4.69) is 10.1 Å². The van der Waals surface area contributed by atoms with Gasteiger partial charge in [0, 0.05) is 6.04 Å². The molecule has 0 aromatic heterocycles. The first-order valence-corrected chi connectivity index (χ1v) is 9.51. The number of rotatable bonds is 5. The molecule has 1 aliphatic heterocycles. The smallest absolute Gasteiger partial charge is 0.339 e. The summed E-state index contributed by atoms with van der Waals surface area (Å²) in [5.74, 6) is -3.14. The van der Waals surface area contributed by atoms with Gasteiger partial charge in [0.15, 0.2) is 0 Å². The fraction of sp³-hybridized carbons (Fsp3) is 0.450. The van der Waals surface area contributed by atoms with Crippen molar-refractivity contribution in [3.8, 4) is 0 Å². The number of methoxy groups -OCH3 is 1. The number of carbonyl (C=O) groups is 5. The monoisotopic (exact) mass is 401 g/mol. The molecular formula is C20H23N3O6. The van der Waals surface area contributed by atoms with Crippen LogP contribution in [0, 0.1) is 5.92 Å². The van der Waals surface area contributed by atoms with E-state index in [1.807, 2.05) is 6.92 Å². The van der Waals surface area contributed by atoms with Gasteiger partial charge in [-0.1, -0.05) is 31.9 Å². The number of amides is 5. The first-order chi connectivity index (χ1) is 13.8. The zero-order valence-electron chi connectivity index (χ0n) is 16.3. The quantitative estimate of drug-likeness (QED) is 0.457. The van der Waals surface area contributed by atoms with Crippen molar-refractivity contribution in [3.05, 3.63) is 29.8 Å². The number of hydrogen-bond acceptors (Lipinski definition) is 6. The van der Waals surface area contributed by atoms with Crippen molar-refractivity contribution in [3.63, 3.8) is 0 Å². The van der Waals surface area contributed by atoms with E-state index >= 15 is 0 Å². The van der Waals surface area contributed by atoms with E-state index in [1.165, 1.54) is 19.2 Å². The Bertz CT molecular complexity index is 868. The number of nitrogens with zero attached hydrogens (tertiary/aromatic N) is 2. The largest absolute Gasteiger partial charge is 0.465 e. The molecule has 9 nitrogen and oxygen atoms in total. The maximum atomic E-state index is 12.7. The molecule has 29 heavy (non-hydrogen) atoms. The van der Waals surface area contributed by atoms with Crippen molar-refractivity contribution >= 4 is 35.4 Å². The number of hydrogen-bond donors (Lipinski definition) is 1. The Balaban J connectivity index is 1.73. The van der Waals surface area contributed by atoms with Crippen LogP contribution in [0.1, 0.15) is 43.0 Å². The maximum absolute atomic E-state index is 12.7. The predicted octanol–water partition coefficient (Wildman–Crippen LogP) is 1.78. The van der Waals surface area contributed by atoms with Crippen LogP contribution in [0.25, 0.3) is 0 Å². The second kappa shape index (κ2) is 8.42. The molecule has 1 heterocycles. The highest BCUT2D eigenvalue weighted by Gasteiger charge is 2.49. The first-order valence-electron chi connectivity index (χ1n) is 9.51. The number of anilines is 1. The van der Waals surface area contributed by atoms with Crippen LogP contribution in [-0.2, 0) is 19.1 Å². The fourth-order valence-corrected chi connectivity index (χ4v) is 3.85. The van der Waals surface area contributed by atoms with Gasteiger partial charge in [-0.05, 0) is 30.9 Å². The molecule has 9 heteroatoms. The van der Waals surface area contributed by atoms with Crippen molar-refractivity contribution in [2.24, 2.45) is 5.92 Å². The van der Waals surface area contributed by atoms with E-state index < -0.39 is 36.3 Å². The van der Waals surface area contributed by atoms with Crippen LogP contribution in [0.4, 0.5) is 10.5 Å². The molecule has 154 valence electrons. The number of esters is 1. The number of carbonyl (C=O) groups excluding carboxylic acids is 5. The van der Waals surface area contributed by atoms with Crippen LogP contribution < -0.4 is 5.32 Å². The number of nitrogens with one attached hydrogen (secondary N) is 1. The van der Waals surface area contributed by atoms with E-state index in [9.17, 15) is 24.0 Å². The van der Waals surface area contributed by atoms with E-state index in [1.54, 1.807) is 12.1 Å². The summed E-state index contributed by atoms with van der Waals surface area (Å²) in [6, 6.07) is 5.10. The summed E-state index contributed by atoms with van der Waals surface area (Å²) in [6.45, 7) is 1.34. The van der Waals surface area contributed by atoms with Gasteiger partial charge in [0.05, 0.1) is 18.4 Å². The van der Waals surface area contributed by atoms with Gasteiger partial charge < -0.3 is 10.1 Å². The Hall–Kier alpha value is -3.23. The lowest BCUT2D eigenvalue weighted by Crippen LogP contribution is -2.46. The Morgan fingerprint density at radius 1 is 1.10 bits per heavy atom. The highest BCUT2D eigenvalue weighted by molar-refractivity contribution is 6.45. The average molecular weight is 401 g/mol. The summed E-state index contributed by atoms with van der Waals surface area (Å²) >= 11 is 0. The summed E-state index contributed by atoms with van der Waals surface area (Å²) in [5.41, 5.74) is 0.323. The van der Waals surface area contributed by atoms with E-state index in [-0.39, 0.29) is 23.2 Å². The summed E-state index contributed by atoms with van der Waals surface area (Å²) in [7, 11) is 1.22. The minimum Gasteiger partial charge on any atom is -0.465 e. The van der Waals surface area contributed by atoms with E-state index in [4.69, 9.17) is 0 Å². The number of urea groups is 1. The third-order valence-electron chi connectivity index (χ3n) is 5.39. The summed E-state index contributed by atoms with van der Waals surface area (Å²) in [4.78, 5) is 63.4. The van der Waals surface area contributed by atoms with Gasteiger partial charge in [0.1, 0.15) is 6.54 Å². The van der Waals surface area contributed by atoms with Gasteiger partial charge in [-0.3, -0.25) is 19.3 Å². The second-order valence-corrected chi connectivity index (χ2v) is 7.26. The molecule has 0 radical (unpaired) electrons. The van der Waals surface area contributed by atoms with Gasteiger partial charge in [-0.2, -0.15) is 0 Å². The minimum atomic E-state index is -1.01. The molecule has 0 spiro atoms. The fourth-order valence-electron chi connectivity index (χ4n) is 3.85. The SMILES string of the molecule is COC(=O)c1ccccc1NC(=O)CN1C(=O)C(=O)N([C@@H]2CCCC[C@H]2C)C1=O. The Morgan fingerprint density at radius 3 is 2.48 bits per heavy atom. The average Bonchev–Trinajstić information content (AvgIpc) is 2.91. The number of benzene rings is 1. The molecule has 1 aliphatic carbocycles. The summed E-state index contributed by atoms with van der Waals surface area (Å²) < 4.78 is 4.67. The maximum Gasteiger partial charge on any atom is 0.339 e.